The highest BCUT2D eigenvalue weighted by molar-refractivity contribution is 6.33. The van der Waals surface area contributed by atoms with E-state index in [1.807, 2.05) is 11.0 Å². The first kappa shape index (κ1) is 13.0. The van der Waals surface area contributed by atoms with Gasteiger partial charge in [0.1, 0.15) is 12.3 Å². The number of anilines is 1. The van der Waals surface area contributed by atoms with E-state index < -0.39 is 0 Å². The summed E-state index contributed by atoms with van der Waals surface area (Å²) in [7, 11) is 1.58. The number of nitrogens with one attached hydrogen (secondary N) is 1. The van der Waals surface area contributed by atoms with Crippen LogP contribution in [0, 0.1) is 0 Å². The van der Waals surface area contributed by atoms with E-state index in [1.165, 1.54) is 0 Å². The standard InChI is InChI=1S/C11H10ClN3O2.ClH/c1-17-8-3-2-7-6(10(8)12)4-13-11-14-9(16)5-15(7)11;/h2-3H,4-5H2,1H3,(H,13,14,16);1H. The summed E-state index contributed by atoms with van der Waals surface area (Å²) in [6, 6.07) is 3.70. The Bertz CT molecular complexity index is 545. The molecule has 0 radical (unpaired) electrons. The molecule has 1 N–H and O–H groups in total. The smallest absolute Gasteiger partial charge is 0.268 e. The molecule has 0 spiro atoms. The van der Waals surface area contributed by atoms with Crippen LogP contribution in [0.25, 0.3) is 0 Å². The molecule has 1 aromatic rings. The second-order valence-electron chi connectivity index (χ2n) is 3.85. The van der Waals surface area contributed by atoms with Gasteiger partial charge in [-0.1, -0.05) is 11.6 Å². The Balaban J connectivity index is 0.00000120. The average Bonchev–Trinajstić information content (AvgIpc) is 2.70. The molecule has 7 heteroatoms. The molecule has 96 valence electrons. The van der Waals surface area contributed by atoms with Crippen molar-refractivity contribution in [1.82, 2.24) is 5.32 Å². The zero-order valence-corrected chi connectivity index (χ0v) is 11.1. The Morgan fingerprint density at radius 3 is 3.00 bits per heavy atom. The molecular formula is C11H11Cl2N3O2. The highest BCUT2D eigenvalue weighted by Crippen LogP contribution is 2.37. The number of benzene rings is 1. The summed E-state index contributed by atoms with van der Waals surface area (Å²) < 4.78 is 5.17. The van der Waals surface area contributed by atoms with Crippen LogP contribution in [0.1, 0.15) is 5.56 Å². The molecule has 0 saturated carbocycles. The third-order valence-corrected chi connectivity index (χ3v) is 3.31. The van der Waals surface area contributed by atoms with Crippen LogP contribution in [0.5, 0.6) is 5.75 Å². The molecule has 2 aliphatic rings. The van der Waals surface area contributed by atoms with Gasteiger partial charge >= 0.3 is 0 Å². The molecule has 0 aromatic heterocycles. The fraction of sp³-hybridized carbons (Fsp3) is 0.273. The lowest BCUT2D eigenvalue weighted by Gasteiger charge is -2.29. The Labute approximate surface area is 115 Å². The molecule has 3 rings (SSSR count). The van der Waals surface area contributed by atoms with Crippen LogP contribution in [-0.2, 0) is 11.3 Å². The van der Waals surface area contributed by atoms with Crippen LogP contribution in [0.3, 0.4) is 0 Å². The minimum Gasteiger partial charge on any atom is -0.495 e. The number of carbonyl (C=O) groups excluding carboxylic acids is 1. The number of hydrogen-bond acceptors (Lipinski definition) is 4. The second kappa shape index (κ2) is 4.66. The lowest BCUT2D eigenvalue weighted by atomic mass is 10.1. The van der Waals surface area contributed by atoms with Gasteiger partial charge in [-0.15, -0.1) is 12.4 Å². The molecule has 1 amide bonds. The number of methoxy groups -OCH3 is 1. The molecule has 5 nitrogen and oxygen atoms in total. The van der Waals surface area contributed by atoms with Crippen molar-refractivity contribution in [2.75, 3.05) is 18.6 Å². The monoisotopic (exact) mass is 287 g/mol. The average molecular weight is 288 g/mol. The van der Waals surface area contributed by atoms with Gasteiger partial charge in [0.25, 0.3) is 5.91 Å². The van der Waals surface area contributed by atoms with Crippen molar-refractivity contribution in [1.29, 1.82) is 0 Å². The third kappa shape index (κ3) is 1.79. The van der Waals surface area contributed by atoms with Crippen LogP contribution in [-0.4, -0.2) is 25.5 Å². The number of ether oxygens (including phenoxy) is 1. The molecular weight excluding hydrogens is 277 g/mol. The molecule has 0 atom stereocenters. The predicted octanol–water partition coefficient (Wildman–Crippen LogP) is 1.58. The van der Waals surface area contributed by atoms with Crippen LogP contribution < -0.4 is 15.0 Å². The molecule has 2 heterocycles. The number of amides is 1. The van der Waals surface area contributed by atoms with E-state index in [-0.39, 0.29) is 24.9 Å². The summed E-state index contributed by atoms with van der Waals surface area (Å²) in [5.74, 6) is 1.09. The van der Waals surface area contributed by atoms with Crippen molar-refractivity contribution in [2.24, 2.45) is 4.99 Å². The van der Waals surface area contributed by atoms with Gasteiger partial charge in [-0.25, -0.2) is 0 Å². The van der Waals surface area contributed by atoms with Crippen molar-refractivity contribution >= 4 is 41.6 Å². The number of carbonyl (C=O) groups is 1. The van der Waals surface area contributed by atoms with Crippen LogP contribution in [0.15, 0.2) is 17.1 Å². The van der Waals surface area contributed by atoms with Crippen molar-refractivity contribution in [3.63, 3.8) is 0 Å². The maximum absolute atomic E-state index is 11.3. The van der Waals surface area contributed by atoms with Gasteiger partial charge < -0.3 is 15.0 Å². The summed E-state index contributed by atoms with van der Waals surface area (Å²) in [5, 5.41) is 3.65. The molecule has 1 aromatic carbocycles. The molecule has 0 aliphatic carbocycles. The van der Waals surface area contributed by atoms with Gasteiger partial charge in [0.2, 0.25) is 5.96 Å². The summed E-state index contributed by atoms with van der Waals surface area (Å²) in [5.41, 5.74) is 1.85. The van der Waals surface area contributed by atoms with Gasteiger partial charge in [0.05, 0.1) is 17.8 Å². The highest BCUT2D eigenvalue weighted by atomic mass is 35.5. The number of hydrogen-bond donors (Lipinski definition) is 1. The number of aliphatic imine (C=N–C) groups is 1. The van der Waals surface area contributed by atoms with Crippen LogP contribution in [0.2, 0.25) is 5.02 Å². The number of guanidine groups is 1. The lowest BCUT2D eigenvalue weighted by molar-refractivity contribution is -0.115. The Hall–Kier alpha value is -1.46. The SMILES string of the molecule is COc1ccc2c(c1Cl)CNC1=NC(=O)CN12.Cl. The van der Waals surface area contributed by atoms with Crippen LogP contribution >= 0.6 is 24.0 Å². The van der Waals surface area contributed by atoms with Gasteiger partial charge in [0, 0.05) is 12.1 Å². The van der Waals surface area contributed by atoms with Crippen molar-refractivity contribution in [3.8, 4) is 5.75 Å². The second-order valence-corrected chi connectivity index (χ2v) is 4.23. The van der Waals surface area contributed by atoms with E-state index in [0.29, 0.717) is 23.3 Å². The summed E-state index contributed by atoms with van der Waals surface area (Å²) in [6.45, 7) is 0.811. The fourth-order valence-corrected chi connectivity index (χ4v) is 2.40. The fourth-order valence-electron chi connectivity index (χ4n) is 2.09. The molecule has 18 heavy (non-hydrogen) atoms. The summed E-state index contributed by atoms with van der Waals surface area (Å²) in [6.07, 6.45) is 0. The minimum atomic E-state index is -0.146. The van der Waals surface area contributed by atoms with Crippen molar-refractivity contribution < 1.29 is 9.53 Å². The molecule has 0 saturated heterocycles. The first-order valence-electron chi connectivity index (χ1n) is 5.19. The highest BCUT2D eigenvalue weighted by Gasteiger charge is 2.31. The minimum absolute atomic E-state index is 0. The summed E-state index contributed by atoms with van der Waals surface area (Å²) in [4.78, 5) is 17.0. The van der Waals surface area contributed by atoms with E-state index >= 15 is 0 Å². The van der Waals surface area contributed by atoms with Gasteiger partial charge in [-0.05, 0) is 12.1 Å². The zero-order chi connectivity index (χ0) is 12.0. The van der Waals surface area contributed by atoms with Gasteiger partial charge in [-0.2, -0.15) is 4.99 Å². The topological polar surface area (TPSA) is 53.9 Å². The molecule has 2 aliphatic heterocycles. The molecule has 0 fully saturated rings. The van der Waals surface area contributed by atoms with E-state index in [1.54, 1.807) is 13.2 Å². The van der Waals surface area contributed by atoms with Crippen molar-refractivity contribution in [3.05, 3.63) is 22.7 Å². The number of rotatable bonds is 1. The normalized spacial score (nSPS) is 16.2. The van der Waals surface area contributed by atoms with Crippen molar-refractivity contribution in [2.45, 2.75) is 6.54 Å². The number of nitrogens with zero attached hydrogens (tertiary/aromatic N) is 2. The van der Waals surface area contributed by atoms with E-state index in [9.17, 15) is 4.79 Å². The molecule has 0 bridgehead atoms. The van der Waals surface area contributed by atoms with E-state index in [4.69, 9.17) is 16.3 Å². The summed E-state index contributed by atoms with van der Waals surface area (Å²) >= 11 is 6.24. The van der Waals surface area contributed by atoms with E-state index in [2.05, 4.69) is 10.3 Å². The maximum Gasteiger partial charge on any atom is 0.268 e. The first-order valence-corrected chi connectivity index (χ1v) is 5.57. The van der Waals surface area contributed by atoms with E-state index in [0.717, 1.165) is 11.3 Å². The zero-order valence-electron chi connectivity index (χ0n) is 9.57. The Morgan fingerprint density at radius 1 is 1.50 bits per heavy atom. The van der Waals surface area contributed by atoms with Gasteiger partial charge in [0.15, 0.2) is 0 Å². The number of fused-ring (bicyclic) bond motifs is 3. The predicted molar refractivity (Wildman–Crippen MR) is 71.9 cm³/mol. The Kier molecular flexibility index (Phi) is 3.36. The third-order valence-electron chi connectivity index (χ3n) is 2.90. The quantitative estimate of drug-likeness (QED) is 0.852. The van der Waals surface area contributed by atoms with Crippen LogP contribution in [0.4, 0.5) is 5.69 Å². The maximum atomic E-state index is 11.3. The largest absolute Gasteiger partial charge is 0.495 e. The molecule has 0 unspecified atom stereocenters. The Morgan fingerprint density at radius 2 is 2.28 bits per heavy atom. The van der Waals surface area contributed by atoms with Gasteiger partial charge in [-0.3, -0.25) is 4.79 Å². The first-order chi connectivity index (χ1) is 8.20. The number of halogens is 2. The lowest BCUT2D eigenvalue weighted by Crippen LogP contribution is -2.43.